The number of rotatable bonds is 3. The number of nitrogens with zero attached hydrogens (tertiary/aromatic N) is 2. The SMILES string of the molecule is Cc1nn(C)c(C)c1NS(=O)(=O)c1cc(Cl)c(N)c(Cl)c1. The number of aromatic nitrogens is 2. The molecule has 0 unspecified atom stereocenters. The number of hydrogen-bond donors (Lipinski definition) is 2. The summed E-state index contributed by atoms with van der Waals surface area (Å²) in [7, 11) is -2.10. The average molecular weight is 349 g/mol. The second-order valence-corrected chi connectivity index (χ2v) is 7.07. The molecule has 0 radical (unpaired) electrons. The van der Waals surface area contributed by atoms with Gasteiger partial charge in [0, 0.05) is 7.05 Å². The normalized spacial score (nSPS) is 11.7. The molecule has 0 aliphatic rings. The van der Waals surface area contributed by atoms with Crippen LogP contribution in [0.25, 0.3) is 0 Å². The zero-order valence-electron chi connectivity index (χ0n) is 11.6. The Balaban J connectivity index is 2.48. The zero-order valence-corrected chi connectivity index (χ0v) is 13.9. The summed E-state index contributed by atoms with van der Waals surface area (Å²) < 4.78 is 28.9. The number of nitrogens with two attached hydrogens (primary N) is 1. The molecule has 1 aromatic heterocycles. The summed E-state index contributed by atoms with van der Waals surface area (Å²) in [5.74, 6) is 0. The summed E-state index contributed by atoms with van der Waals surface area (Å²) in [5, 5.41) is 4.33. The molecule has 0 spiro atoms. The number of nitrogens with one attached hydrogen (secondary N) is 1. The third kappa shape index (κ3) is 2.95. The molecule has 21 heavy (non-hydrogen) atoms. The molecule has 0 atom stereocenters. The third-order valence-corrected chi connectivity index (χ3v) is 5.06. The molecule has 0 amide bonds. The van der Waals surface area contributed by atoms with Gasteiger partial charge >= 0.3 is 0 Å². The lowest BCUT2D eigenvalue weighted by atomic mass is 10.3. The van der Waals surface area contributed by atoms with Crippen LogP contribution >= 0.6 is 23.2 Å². The van der Waals surface area contributed by atoms with Crippen LogP contribution in [-0.2, 0) is 17.1 Å². The molecule has 0 bridgehead atoms. The van der Waals surface area contributed by atoms with Crippen molar-refractivity contribution in [3.05, 3.63) is 33.6 Å². The average Bonchev–Trinajstić information content (AvgIpc) is 2.62. The lowest BCUT2D eigenvalue weighted by molar-refractivity contribution is 0.601. The monoisotopic (exact) mass is 348 g/mol. The Labute approximate surface area is 132 Å². The molecule has 2 aromatic rings. The van der Waals surface area contributed by atoms with Gasteiger partial charge in [-0.1, -0.05) is 23.2 Å². The van der Waals surface area contributed by atoms with Gasteiger partial charge in [0.25, 0.3) is 10.0 Å². The first kappa shape index (κ1) is 15.9. The van der Waals surface area contributed by atoms with E-state index in [1.807, 2.05) is 0 Å². The van der Waals surface area contributed by atoms with E-state index in [1.54, 1.807) is 25.6 Å². The number of benzene rings is 1. The van der Waals surface area contributed by atoms with Gasteiger partial charge in [0.1, 0.15) is 0 Å². The van der Waals surface area contributed by atoms with E-state index in [0.29, 0.717) is 17.1 Å². The van der Waals surface area contributed by atoms with Gasteiger partial charge in [0.2, 0.25) is 0 Å². The minimum Gasteiger partial charge on any atom is -0.396 e. The van der Waals surface area contributed by atoms with Crippen LogP contribution in [0.4, 0.5) is 11.4 Å². The highest BCUT2D eigenvalue weighted by atomic mass is 35.5. The maximum Gasteiger partial charge on any atom is 0.262 e. The molecule has 0 saturated heterocycles. The maximum absolute atomic E-state index is 12.4. The highest BCUT2D eigenvalue weighted by molar-refractivity contribution is 7.92. The third-order valence-electron chi connectivity index (χ3n) is 3.11. The maximum atomic E-state index is 12.4. The van der Waals surface area contributed by atoms with Crippen molar-refractivity contribution in [1.82, 2.24) is 9.78 Å². The molecule has 0 aliphatic carbocycles. The summed E-state index contributed by atoms with van der Waals surface area (Å²) in [6, 6.07) is 2.51. The highest BCUT2D eigenvalue weighted by Gasteiger charge is 2.21. The minimum absolute atomic E-state index is 0.0608. The van der Waals surface area contributed by atoms with Crippen LogP contribution in [0.2, 0.25) is 10.0 Å². The Kier molecular flexibility index (Phi) is 4.10. The van der Waals surface area contributed by atoms with E-state index in [-0.39, 0.29) is 20.6 Å². The number of sulfonamides is 1. The summed E-state index contributed by atoms with van der Waals surface area (Å²) in [5.41, 5.74) is 7.46. The predicted octanol–water partition coefficient (Wildman–Crippen LogP) is 2.73. The van der Waals surface area contributed by atoms with Gasteiger partial charge in [0.05, 0.1) is 37.7 Å². The number of hydrogen-bond acceptors (Lipinski definition) is 4. The van der Waals surface area contributed by atoms with Crippen molar-refractivity contribution in [3.8, 4) is 0 Å². The van der Waals surface area contributed by atoms with Crippen LogP contribution in [-0.4, -0.2) is 18.2 Å². The van der Waals surface area contributed by atoms with Gasteiger partial charge in [-0.05, 0) is 26.0 Å². The molecular formula is C12H14Cl2N4O2S. The second-order valence-electron chi connectivity index (χ2n) is 4.58. The van der Waals surface area contributed by atoms with Gasteiger partial charge in [-0.2, -0.15) is 5.10 Å². The van der Waals surface area contributed by atoms with Crippen molar-refractivity contribution in [2.75, 3.05) is 10.5 Å². The van der Waals surface area contributed by atoms with Crippen LogP contribution in [0.3, 0.4) is 0 Å². The topological polar surface area (TPSA) is 90.0 Å². The second kappa shape index (κ2) is 5.40. The van der Waals surface area contributed by atoms with E-state index in [0.717, 1.165) is 0 Å². The highest BCUT2D eigenvalue weighted by Crippen LogP contribution is 2.32. The van der Waals surface area contributed by atoms with Gasteiger partial charge in [-0.15, -0.1) is 0 Å². The quantitative estimate of drug-likeness (QED) is 0.834. The first-order valence-electron chi connectivity index (χ1n) is 5.91. The summed E-state index contributed by atoms with van der Waals surface area (Å²) in [4.78, 5) is -0.0608. The van der Waals surface area contributed by atoms with Crippen molar-refractivity contribution in [3.63, 3.8) is 0 Å². The zero-order chi connectivity index (χ0) is 15.9. The number of anilines is 2. The summed E-state index contributed by atoms with van der Waals surface area (Å²) in [6.45, 7) is 3.48. The van der Waals surface area contributed by atoms with Crippen molar-refractivity contribution in [2.24, 2.45) is 7.05 Å². The van der Waals surface area contributed by atoms with Gasteiger partial charge in [-0.3, -0.25) is 9.40 Å². The molecule has 0 aliphatic heterocycles. The molecular weight excluding hydrogens is 335 g/mol. The fraction of sp³-hybridized carbons (Fsp3) is 0.250. The van der Waals surface area contributed by atoms with Crippen molar-refractivity contribution < 1.29 is 8.42 Å². The van der Waals surface area contributed by atoms with Crippen molar-refractivity contribution in [2.45, 2.75) is 18.7 Å². The fourth-order valence-electron chi connectivity index (χ4n) is 1.83. The van der Waals surface area contributed by atoms with E-state index in [4.69, 9.17) is 28.9 Å². The van der Waals surface area contributed by atoms with Gasteiger partial charge in [0.15, 0.2) is 0 Å². The van der Waals surface area contributed by atoms with Crippen molar-refractivity contribution >= 4 is 44.6 Å². The van der Waals surface area contributed by atoms with Crippen LogP contribution in [0.15, 0.2) is 17.0 Å². The molecule has 6 nitrogen and oxygen atoms in total. The smallest absolute Gasteiger partial charge is 0.262 e. The Hall–Kier alpha value is -1.44. The fourth-order valence-corrected chi connectivity index (χ4v) is 3.68. The standard InChI is InChI=1S/C12H14Cl2N4O2S/c1-6-12(7(2)18(3)16-6)17-21(19,20)8-4-9(13)11(15)10(14)5-8/h4-5,17H,15H2,1-3H3. The van der Waals surface area contributed by atoms with Crippen LogP contribution < -0.4 is 10.5 Å². The largest absolute Gasteiger partial charge is 0.396 e. The Morgan fingerprint density at radius 1 is 1.24 bits per heavy atom. The molecule has 1 heterocycles. The number of halogens is 2. The molecule has 0 fully saturated rings. The molecule has 114 valence electrons. The molecule has 1 aromatic carbocycles. The van der Waals surface area contributed by atoms with Crippen LogP contribution in [0.1, 0.15) is 11.4 Å². The predicted molar refractivity (Wildman–Crippen MR) is 84.4 cm³/mol. The van der Waals surface area contributed by atoms with Gasteiger partial charge in [-0.25, -0.2) is 8.42 Å². The van der Waals surface area contributed by atoms with E-state index < -0.39 is 10.0 Å². The van der Waals surface area contributed by atoms with Crippen LogP contribution in [0, 0.1) is 13.8 Å². The first-order chi connectivity index (χ1) is 9.63. The van der Waals surface area contributed by atoms with Crippen molar-refractivity contribution in [1.29, 1.82) is 0 Å². The Bertz CT molecular complexity index is 792. The summed E-state index contributed by atoms with van der Waals surface area (Å²) in [6.07, 6.45) is 0. The van der Waals surface area contributed by atoms with E-state index >= 15 is 0 Å². The van der Waals surface area contributed by atoms with E-state index in [1.165, 1.54) is 12.1 Å². The molecule has 3 N–H and O–H groups in total. The first-order valence-corrected chi connectivity index (χ1v) is 8.15. The van der Waals surface area contributed by atoms with Crippen LogP contribution in [0.5, 0.6) is 0 Å². The Morgan fingerprint density at radius 2 is 1.76 bits per heavy atom. The van der Waals surface area contributed by atoms with E-state index in [2.05, 4.69) is 9.82 Å². The van der Waals surface area contributed by atoms with E-state index in [9.17, 15) is 8.42 Å². The molecule has 9 heteroatoms. The van der Waals surface area contributed by atoms with Gasteiger partial charge < -0.3 is 5.73 Å². The lowest BCUT2D eigenvalue weighted by Gasteiger charge is -2.10. The number of nitrogen functional groups attached to an aromatic ring is 1. The Morgan fingerprint density at radius 3 is 2.19 bits per heavy atom. The molecule has 0 saturated carbocycles. The molecule has 2 rings (SSSR count). The summed E-state index contributed by atoms with van der Waals surface area (Å²) >= 11 is 11.8. The number of aryl methyl sites for hydroxylation is 2. The minimum atomic E-state index is -3.83. The lowest BCUT2D eigenvalue weighted by Crippen LogP contribution is -2.14.